The van der Waals surface area contributed by atoms with Crippen LogP contribution < -0.4 is 10.6 Å². The Kier molecular flexibility index (Phi) is 8.99. The Morgan fingerprint density at radius 1 is 1.38 bits per heavy atom. The number of aliphatic imine (C=N–C) groups is 1. The molecule has 0 unspecified atom stereocenters. The quantitative estimate of drug-likeness (QED) is 0.307. The van der Waals surface area contributed by atoms with Gasteiger partial charge in [-0.3, -0.25) is 4.99 Å². The van der Waals surface area contributed by atoms with Crippen LogP contribution in [0.4, 0.5) is 0 Å². The first-order valence-corrected chi connectivity index (χ1v) is 7.78. The van der Waals surface area contributed by atoms with Crippen molar-refractivity contribution in [2.45, 2.75) is 32.6 Å². The summed E-state index contributed by atoms with van der Waals surface area (Å²) >= 11 is 5.77. The first-order valence-electron chi connectivity index (χ1n) is 7.40. The predicted molar refractivity (Wildman–Crippen MR) is 99.7 cm³/mol. The summed E-state index contributed by atoms with van der Waals surface area (Å²) in [4.78, 5) is 8.68. The number of aromatic nitrogens is 1. The lowest BCUT2D eigenvalue weighted by atomic mass is 10.2. The molecule has 1 fully saturated rings. The first-order chi connectivity index (χ1) is 9.78. The van der Waals surface area contributed by atoms with Crippen LogP contribution in [-0.4, -0.2) is 30.6 Å². The summed E-state index contributed by atoms with van der Waals surface area (Å²) in [5.41, 5.74) is 1.18. The Hall–Kier alpha value is -0.560. The SMILES string of the molecule is CCNC(=NCCC1CC1)NCCc1ccc(Cl)nc1.I. The van der Waals surface area contributed by atoms with Crippen molar-refractivity contribution in [1.29, 1.82) is 0 Å². The van der Waals surface area contributed by atoms with Gasteiger partial charge in [0.25, 0.3) is 0 Å². The molecule has 0 amide bonds. The summed E-state index contributed by atoms with van der Waals surface area (Å²) in [7, 11) is 0. The fourth-order valence-electron chi connectivity index (χ4n) is 1.99. The zero-order valence-corrected chi connectivity index (χ0v) is 15.5. The molecule has 0 saturated heterocycles. The molecule has 2 N–H and O–H groups in total. The lowest BCUT2D eigenvalue weighted by Crippen LogP contribution is -2.38. The topological polar surface area (TPSA) is 49.3 Å². The van der Waals surface area contributed by atoms with E-state index in [-0.39, 0.29) is 24.0 Å². The lowest BCUT2D eigenvalue weighted by molar-refractivity contribution is 0.724. The van der Waals surface area contributed by atoms with Crippen molar-refractivity contribution in [3.63, 3.8) is 0 Å². The maximum absolute atomic E-state index is 5.77. The fourth-order valence-corrected chi connectivity index (χ4v) is 2.10. The molecule has 1 aliphatic rings. The normalized spacial score (nSPS) is 14.5. The summed E-state index contributed by atoms with van der Waals surface area (Å²) in [6, 6.07) is 3.83. The van der Waals surface area contributed by atoms with Gasteiger partial charge >= 0.3 is 0 Å². The number of rotatable bonds is 7. The van der Waals surface area contributed by atoms with E-state index in [2.05, 4.69) is 27.5 Å². The number of hydrogen-bond acceptors (Lipinski definition) is 2. The van der Waals surface area contributed by atoms with Crippen LogP contribution in [0.2, 0.25) is 5.15 Å². The predicted octanol–water partition coefficient (Wildman–Crippen LogP) is 3.25. The second kappa shape index (κ2) is 10.2. The van der Waals surface area contributed by atoms with Gasteiger partial charge < -0.3 is 10.6 Å². The molecule has 0 aliphatic heterocycles. The Morgan fingerprint density at radius 3 is 2.81 bits per heavy atom. The van der Waals surface area contributed by atoms with E-state index in [4.69, 9.17) is 11.6 Å². The molecule has 6 heteroatoms. The Balaban J connectivity index is 0.00000220. The highest BCUT2D eigenvalue weighted by molar-refractivity contribution is 14.0. The van der Waals surface area contributed by atoms with E-state index in [9.17, 15) is 0 Å². The molecule has 1 saturated carbocycles. The van der Waals surface area contributed by atoms with Gasteiger partial charge in [0.2, 0.25) is 0 Å². The second-order valence-electron chi connectivity index (χ2n) is 5.16. The first kappa shape index (κ1) is 18.5. The average Bonchev–Trinajstić information content (AvgIpc) is 3.25. The number of hydrogen-bond donors (Lipinski definition) is 2. The third kappa shape index (κ3) is 7.85. The number of pyridine rings is 1. The minimum atomic E-state index is 0. The van der Waals surface area contributed by atoms with E-state index in [1.54, 1.807) is 0 Å². The van der Waals surface area contributed by atoms with E-state index < -0.39 is 0 Å². The van der Waals surface area contributed by atoms with Crippen molar-refractivity contribution in [2.24, 2.45) is 10.9 Å². The highest BCUT2D eigenvalue weighted by Crippen LogP contribution is 2.32. The van der Waals surface area contributed by atoms with Gasteiger partial charge in [0.05, 0.1) is 0 Å². The van der Waals surface area contributed by atoms with Crippen LogP contribution in [0.1, 0.15) is 31.7 Å². The molecule has 0 atom stereocenters. The molecule has 4 nitrogen and oxygen atoms in total. The summed E-state index contributed by atoms with van der Waals surface area (Å²) < 4.78 is 0. The Morgan fingerprint density at radius 2 is 2.19 bits per heavy atom. The van der Waals surface area contributed by atoms with E-state index in [1.165, 1.54) is 24.8 Å². The second-order valence-corrected chi connectivity index (χ2v) is 5.55. The van der Waals surface area contributed by atoms with E-state index in [1.807, 2.05) is 18.3 Å². The molecule has 0 bridgehead atoms. The van der Waals surface area contributed by atoms with Gasteiger partial charge in [-0.15, -0.1) is 24.0 Å². The molecule has 1 aromatic rings. The summed E-state index contributed by atoms with van der Waals surface area (Å²) in [6.07, 6.45) is 6.74. The van der Waals surface area contributed by atoms with Crippen molar-refractivity contribution in [3.8, 4) is 0 Å². The summed E-state index contributed by atoms with van der Waals surface area (Å²) in [5.74, 6) is 1.84. The van der Waals surface area contributed by atoms with Gasteiger partial charge in [-0.25, -0.2) is 4.98 Å². The number of nitrogens with one attached hydrogen (secondary N) is 2. The van der Waals surface area contributed by atoms with Gasteiger partial charge in [0.15, 0.2) is 5.96 Å². The summed E-state index contributed by atoms with van der Waals surface area (Å²) in [5, 5.41) is 7.17. The minimum absolute atomic E-state index is 0. The Labute approximate surface area is 149 Å². The minimum Gasteiger partial charge on any atom is -0.357 e. The van der Waals surface area contributed by atoms with E-state index >= 15 is 0 Å². The monoisotopic (exact) mass is 422 g/mol. The van der Waals surface area contributed by atoms with E-state index in [0.717, 1.165) is 37.9 Å². The Bertz CT molecular complexity index is 432. The van der Waals surface area contributed by atoms with Crippen molar-refractivity contribution >= 4 is 41.5 Å². The molecule has 1 aliphatic carbocycles. The zero-order chi connectivity index (χ0) is 14.2. The third-order valence-electron chi connectivity index (χ3n) is 3.34. The van der Waals surface area contributed by atoms with Crippen LogP contribution in [0, 0.1) is 5.92 Å². The lowest BCUT2D eigenvalue weighted by Gasteiger charge is -2.11. The van der Waals surface area contributed by atoms with E-state index in [0.29, 0.717) is 5.15 Å². The van der Waals surface area contributed by atoms with Crippen molar-refractivity contribution in [2.75, 3.05) is 19.6 Å². The number of guanidine groups is 1. The van der Waals surface area contributed by atoms with Crippen molar-refractivity contribution in [1.82, 2.24) is 15.6 Å². The van der Waals surface area contributed by atoms with Gasteiger partial charge in [-0.1, -0.05) is 30.5 Å². The molecular formula is C15H24ClIN4. The molecule has 1 heterocycles. The van der Waals surface area contributed by atoms with Crippen LogP contribution in [0.3, 0.4) is 0 Å². The highest BCUT2D eigenvalue weighted by atomic mass is 127. The largest absolute Gasteiger partial charge is 0.357 e. The van der Waals surface area contributed by atoms with Crippen LogP contribution in [0.25, 0.3) is 0 Å². The van der Waals surface area contributed by atoms with Crippen LogP contribution in [0.5, 0.6) is 0 Å². The van der Waals surface area contributed by atoms with Crippen LogP contribution >= 0.6 is 35.6 Å². The molecule has 0 aromatic carbocycles. The highest BCUT2D eigenvalue weighted by Gasteiger charge is 2.20. The number of halogens is 2. The van der Waals surface area contributed by atoms with Crippen LogP contribution in [0.15, 0.2) is 23.3 Å². The number of nitrogens with zero attached hydrogens (tertiary/aromatic N) is 2. The van der Waals surface area contributed by atoms with Crippen molar-refractivity contribution < 1.29 is 0 Å². The molecule has 118 valence electrons. The molecule has 21 heavy (non-hydrogen) atoms. The zero-order valence-electron chi connectivity index (χ0n) is 12.4. The van der Waals surface area contributed by atoms with Gasteiger partial charge in [0, 0.05) is 25.8 Å². The van der Waals surface area contributed by atoms with Crippen molar-refractivity contribution in [3.05, 3.63) is 29.0 Å². The average molecular weight is 423 g/mol. The van der Waals surface area contributed by atoms with Crippen LogP contribution in [-0.2, 0) is 6.42 Å². The fraction of sp³-hybridized carbons (Fsp3) is 0.600. The van der Waals surface area contributed by atoms with Gasteiger partial charge in [-0.2, -0.15) is 0 Å². The van der Waals surface area contributed by atoms with Gasteiger partial charge in [0.1, 0.15) is 5.15 Å². The molecule has 0 radical (unpaired) electrons. The maximum atomic E-state index is 5.77. The maximum Gasteiger partial charge on any atom is 0.191 e. The molecule has 2 rings (SSSR count). The smallest absolute Gasteiger partial charge is 0.191 e. The standard InChI is InChI=1S/C15H23ClN4.HI/c1-2-17-15(18-9-7-12-3-4-12)19-10-8-13-5-6-14(16)20-11-13;/h5-6,11-12H,2-4,7-10H2,1H3,(H2,17,18,19);1H. The summed E-state index contributed by atoms with van der Waals surface area (Å²) in [6.45, 7) is 4.74. The molecule has 0 spiro atoms. The molecular weight excluding hydrogens is 399 g/mol. The van der Waals surface area contributed by atoms with Gasteiger partial charge in [-0.05, 0) is 37.3 Å². The third-order valence-corrected chi connectivity index (χ3v) is 3.57. The molecule has 1 aromatic heterocycles.